The lowest BCUT2D eigenvalue weighted by Gasteiger charge is -2.08. The Morgan fingerprint density at radius 1 is 1.14 bits per heavy atom. The van der Waals surface area contributed by atoms with Gasteiger partial charge >= 0.3 is 6.03 Å². The minimum absolute atomic E-state index is 0.0119. The summed E-state index contributed by atoms with van der Waals surface area (Å²) >= 11 is 5.84. The highest BCUT2D eigenvalue weighted by atomic mass is 35.5. The van der Waals surface area contributed by atoms with E-state index in [9.17, 15) is 4.79 Å². The van der Waals surface area contributed by atoms with Crippen molar-refractivity contribution >= 4 is 29.0 Å². The molecule has 0 saturated carbocycles. The highest BCUT2D eigenvalue weighted by Gasteiger charge is 2.03. The largest absolute Gasteiger partial charge is 0.479 e. The molecule has 0 aliphatic heterocycles. The maximum absolute atomic E-state index is 11.8. The van der Waals surface area contributed by atoms with Crippen LogP contribution in [0.5, 0.6) is 5.75 Å². The summed E-state index contributed by atoms with van der Waals surface area (Å²) in [6, 6.07) is 15.1. The Labute approximate surface area is 127 Å². The first kappa shape index (κ1) is 14.7. The number of urea groups is 1. The molecule has 0 saturated heterocycles. The molecule has 106 valence electrons. The molecule has 21 heavy (non-hydrogen) atoms. The van der Waals surface area contributed by atoms with Crippen LogP contribution in [0.2, 0.25) is 5.02 Å². The first-order valence-electron chi connectivity index (χ1n) is 6.11. The minimum Gasteiger partial charge on any atom is -0.479 e. The van der Waals surface area contributed by atoms with Crippen molar-refractivity contribution in [1.82, 2.24) is 0 Å². The van der Waals surface area contributed by atoms with Gasteiger partial charge < -0.3 is 15.4 Å². The van der Waals surface area contributed by atoms with E-state index >= 15 is 0 Å². The third-order valence-corrected chi connectivity index (χ3v) is 2.73. The van der Waals surface area contributed by atoms with Crippen LogP contribution in [0.4, 0.5) is 16.2 Å². The predicted molar refractivity (Wildman–Crippen MR) is 81.6 cm³/mol. The van der Waals surface area contributed by atoms with E-state index < -0.39 is 0 Å². The summed E-state index contributed by atoms with van der Waals surface area (Å²) in [4.78, 5) is 11.8. The summed E-state index contributed by atoms with van der Waals surface area (Å²) in [5.74, 6) is 0.567. The molecule has 5 nitrogen and oxygen atoms in total. The van der Waals surface area contributed by atoms with E-state index in [-0.39, 0.29) is 12.6 Å². The monoisotopic (exact) mass is 301 g/mol. The van der Waals surface area contributed by atoms with Gasteiger partial charge in [0, 0.05) is 16.4 Å². The van der Waals surface area contributed by atoms with Gasteiger partial charge in [-0.2, -0.15) is 5.26 Å². The summed E-state index contributed by atoms with van der Waals surface area (Å²) in [5, 5.41) is 14.3. The van der Waals surface area contributed by atoms with E-state index in [1.807, 2.05) is 6.07 Å². The maximum Gasteiger partial charge on any atom is 0.323 e. The summed E-state index contributed by atoms with van der Waals surface area (Å²) in [6.07, 6.45) is 0. The van der Waals surface area contributed by atoms with Crippen molar-refractivity contribution in [3.05, 3.63) is 53.6 Å². The van der Waals surface area contributed by atoms with Gasteiger partial charge in [-0.05, 0) is 42.5 Å². The number of hydrogen-bond donors (Lipinski definition) is 2. The highest BCUT2D eigenvalue weighted by Crippen LogP contribution is 2.17. The zero-order valence-electron chi connectivity index (χ0n) is 11.0. The molecule has 2 N–H and O–H groups in total. The zero-order valence-corrected chi connectivity index (χ0v) is 11.7. The van der Waals surface area contributed by atoms with Crippen LogP contribution in [0.3, 0.4) is 0 Å². The zero-order chi connectivity index (χ0) is 15.1. The van der Waals surface area contributed by atoms with Gasteiger partial charge in [0.2, 0.25) is 0 Å². The van der Waals surface area contributed by atoms with Crippen molar-refractivity contribution in [3.63, 3.8) is 0 Å². The summed E-state index contributed by atoms with van der Waals surface area (Å²) in [5.41, 5.74) is 1.22. The van der Waals surface area contributed by atoms with E-state index in [4.69, 9.17) is 21.6 Å². The second-order valence-electron chi connectivity index (χ2n) is 4.06. The standard InChI is InChI=1S/C15H12ClN3O2/c16-11-2-1-3-13(10-11)19-15(20)18-12-4-6-14(7-5-12)21-9-8-17/h1-7,10H,9H2,(H2,18,19,20). The van der Waals surface area contributed by atoms with E-state index in [0.29, 0.717) is 22.1 Å². The first-order valence-corrected chi connectivity index (χ1v) is 6.48. The van der Waals surface area contributed by atoms with Gasteiger partial charge in [0.15, 0.2) is 6.61 Å². The van der Waals surface area contributed by atoms with Crippen molar-refractivity contribution in [1.29, 1.82) is 5.26 Å². The molecule has 6 heteroatoms. The molecular weight excluding hydrogens is 290 g/mol. The Morgan fingerprint density at radius 2 is 1.86 bits per heavy atom. The number of carbonyl (C=O) groups is 1. The molecule has 2 aromatic rings. The number of hydrogen-bond acceptors (Lipinski definition) is 3. The van der Waals surface area contributed by atoms with Crippen LogP contribution in [0.1, 0.15) is 0 Å². The van der Waals surface area contributed by atoms with Crippen molar-refractivity contribution < 1.29 is 9.53 Å². The summed E-state index contributed by atoms with van der Waals surface area (Å²) in [7, 11) is 0. The molecule has 0 bridgehead atoms. The van der Waals surface area contributed by atoms with E-state index in [2.05, 4.69) is 10.6 Å². The number of rotatable bonds is 4. The van der Waals surface area contributed by atoms with E-state index in [0.717, 1.165) is 0 Å². The lowest BCUT2D eigenvalue weighted by atomic mass is 10.3. The third kappa shape index (κ3) is 4.71. The first-order chi connectivity index (χ1) is 10.2. The Kier molecular flexibility index (Phi) is 5.02. The Hall–Kier alpha value is -2.71. The lowest BCUT2D eigenvalue weighted by molar-refractivity contribution is 0.262. The molecule has 2 aromatic carbocycles. The number of amides is 2. The molecule has 2 amide bonds. The maximum atomic E-state index is 11.8. The molecule has 0 heterocycles. The van der Waals surface area contributed by atoms with Crippen molar-refractivity contribution in [2.24, 2.45) is 0 Å². The van der Waals surface area contributed by atoms with E-state index in [1.54, 1.807) is 48.5 Å². The van der Waals surface area contributed by atoms with Crippen LogP contribution in [0, 0.1) is 11.3 Å². The third-order valence-electron chi connectivity index (χ3n) is 2.50. The smallest absolute Gasteiger partial charge is 0.323 e. The lowest BCUT2D eigenvalue weighted by Crippen LogP contribution is -2.19. The fourth-order valence-electron chi connectivity index (χ4n) is 1.61. The molecule has 0 fully saturated rings. The van der Waals surface area contributed by atoms with Gasteiger partial charge in [-0.15, -0.1) is 0 Å². The van der Waals surface area contributed by atoms with Gasteiger partial charge in [0.05, 0.1) is 0 Å². The molecule has 0 atom stereocenters. The molecule has 0 aliphatic carbocycles. The summed E-state index contributed by atoms with van der Waals surface area (Å²) < 4.78 is 5.12. The molecule has 0 unspecified atom stereocenters. The predicted octanol–water partition coefficient (Wildman–Crippen LogP) is 3.89. The van der Waals surface area contributed by atoms with Gasteiger partial charge in [-0.25, -0.2) is 4.79 Å². The topological polar surface area (TPSA) is 74.1 Å². The molecule has 0 aliphatic rings. The van der Waals surface area contributed by atoms with Gasteiger partial charge in [-0.1, -0.05) is 17.7 Å². The van der Waals surface area contributed by atoms with Crippen LogP contribution in [0.15, 0.2) is 48.5 Å². The molecule has 0 radical (unpaired) electrons. The summed E-state index contributed by atoms with van der Waals surface area (Å²) in [6.45, 7) is -0.0119. The molecule has 0 spiro atoms. The van der Waals surface area contributed by atoms with Gasteiger partial charge in [0.25, 0.3) is 0 Å². The Balaban J connectivity index is 1.92. The average molecular weight is 302 g/mol. The van der Waals surface area contributed by atoms with Crippen LogP contribution in [-0.2, 0) is 0 Å². The quantitative estimate of drug-likeness (QED) is 0.899. The number of anilines is 2. The van der Waals surface area contributed by atoms with Crippen LogP contribution in [0.25, 0.3) is 0 Å². The number of ether oxygens (including phenoxy) is 1. The number of carbonyl (C=O) groups excluding carboxylic acids is 1. The minimum atomic E-state index is -0.372. The van der Waals surface area contributed by atoms with Crippen LogP contribution < -0.4 is 15.4 Å². The van der Waals surface area contributed by atoms with Crippen molar-refractivity contribution in [2.75, 3.05) is 17.2 Å². The van der Waals surface area contributed by atoms with Crippen molar-refractivity contribution in [3.8, 4) is 11.8 Å². The van der Waals surface area contributed by atoms with Crippen molar-refractivity contribution in [2.45, 2.75) is 0 Å². The number of halogens is 1. The number of nitrogens with zero attached hydrogens (tertiary/aromatic N) is 1. The number of benzene rings is 2. The second-order valence-corrected chi connectivity index (χ2v) is 4.50. The Bertz CT molecular complexity index is 665. The van der Waals surface area contributed by atoms with E-state index in [1.165, 1.54) is 0 Å². The van der Waals surface area contributed by atoms with Gasteiger partial charge in [-0.3, -0.25) is 0 Å². The fourth-order valence-corrected chi connectivity index (χ4v) is 1.80. The number of nitriles is 1. The molecular formula is C15H12ClN3O2. The second kappa shape index (κ2) is 7.17. The number of nitrogens with one attached hydrogen (secondary N) is 2. The van der Waals surface area contributed by atoms with Crippen LogP contribution >= 0.6 is 11.6 Å². The van der Waals surface area contributed by atoms with Crippen LogP contribution in [-0.4, -0.2) is 12.6 Å². The molecule has 0 aromatic heterocycles. The highest BCUT2D eigenvalue weighted by molar-refractivity contribution is 6.30. The normalized spacial score (nSPS) is 9.52. The SMILES string of the molecule is N#CCOc1ccc(NC(=O)Nc2cccc(Cl)c2)cc1. The Morgan fingerprint density at radius 3 is 2.52 bits per heavy atom. The fraction of sp³-hybridized carbons (Fsp3) is 0.0667. The molecule has 2 rings (SSSR count). The van der Waals surface area contributed by atoms with Gasteiger partial charge in [0.1, 0.15) is 11.8 Å². The average Bonchev–Trinajstić information content (AvgIpc) is 2.46.